The monoisotopic (exact) mass is 216 g/mol. The van der Waals surface area contributed by atoms with Gasteiger partial charge < -0.3 is 11.1 Å². The summed E-state index contributed by atoms with van der Waals surface area (Å²) in [5.74, 6) is 5.71. The van der Waals surface area contributed by atoms with Gasteiger partial charge >= 0.3 is 0 Å². The second-order valence-corrected chi connectivity index (χ2v) is 3.55. The summed E-state index contributed by atoms with van der Waals surface area (Å²) in [7, 11) is 0. The van der Waals surface area contributed by atoms with Crippen LogP contribution >= 0.6 is 0 Å². The van der Waals surface area contributed by atoms with Crippen molar-refractivity contribution in [3.63, 3.8) is 0 Å². The zero-order valence-corrected chi connectivity index (χ0v) is 9.58. The molecule has 1 unspecified atom stereocenters. The van der Waals surface area contributed by atoms with Gasteiger partial charge in [0, 0.05) is 12.5 Å². The van der Waals surface area contributed by atoms with Gasteiger partial charge in [0.1, 0.15) is 0 Å². The lowest BCUT2D eigenvalue weighted by molar-refractivity contribution is -0.119. The molecule has 16 heavy (non-hydrogen) atoms. The maximum absolute atomic E-state index is 10.9. The molecule has 0 radical (unpaired) electrons. The zero-order valence-electron chi connectivity index (χ0n) is 9.58. The van der Waals surface area contributed by atoms with Crippen LogP contribution in [0.2, 0.25) is 0 Å². The molecular weight excluding hydrogens is 200 g/mol. The van der Waals surface area contributed by atoms with Crippen molar-refractivity contribution in [1.82, 2.24) is 5.32 Å². The zero-order chi connectivity index (χ0) is 12.0. The van der Waals surface area contributed by atoms with Gasteiger partial charge in [-0.25, -0.2) is 0 Å². The average molecular weight is 216 g/mol. The Kier molecular flexibility index (Phi) is 4.56. The molecule has 3 heteroatoms. The van der Waals surface area contributed by atoms with Gasteiger partial charge in [-0.05, 0) is 24.6 Å². The third-order valence-electron chi connectivity index (χ3n) is 2.17. The predicted octanol–water partition coefficient (Wildman–Crippen LogP) is 1.19. The number of nitrogens with two attached hydrogens (primary N) is 1. The third-order valence-corrected chi connectivity index (χ3v) is 2.17. The molecule has 1 aromatic carbocycles. The molecule has 0 saturated heterocycles. The van der Waals surface area contributed by atoms with Crippen LogP contribution in [0.5, 0.6) is 0 Å². The van der Waals surface area contributed by atoms with Crippen molar-refractivity contribution in [2.24, 2.45) is 5.73 Å². The van der Waals surface area contributed by atoms with Gasteiger partial charge in [0.25, 0.3) is 0 Å². The third kappa shape index (κ3) is 3.76. The highest BCUT2D eigenvalue weighted by Crippen LogP contribution is 2.12. The number of hydrogen-bond acceptors (Lipinski definition) is 2. The molecule has 3 N–H and O–H groups in total. The van der Waals surface area contributed by atoms with Crippen molar-refractivity contribution in [2.75, 3.05) is 6.54 Å². The van der Waals surface area contributed by atoms with Crippen molar-refractivity contribution < 1.29 is 4.79 Å². The van der Waals surface area contributed by atoms with E-state index in [9.17, 15) is 4.79 Å². The topological polar surface area (TPSA) is 55.1 Å². The van der Waals surface area contributed by atoms with Crippen LogP contribution in [0.15, 0.2) is 24.3 Å². The Morgan fingerprint density at radius 3 is 2.56 bits per heavy atom. The molecule has 84 valence electrons. The number of carbonyl (C=O) groups is 1. The molecule has 0 bridgehead atoms. The quantitative estimate of drug-likeness (QED) is 0.730. The van der Waals surface area contributed by atoms with Gasteiger partial charge in [0.05, 0.1) is 12.6 Å². The summed E-state index contributed by atoms with van der Waals surface area (Å²) >= 11 is 0. The molecule has 0 aromatic heterocycles. The summed E-state index contributed by atoms with van der Waals surface area (Å²) in [6.07, 6.45) is 0. The molecule has 3 nitrogen and oxygen atoms in total. The Labute approximate surface area is 96.0 Å². The van der Waals surface area contributed by atoms with Gasteiger partial charge in [0.2, 0.25) is 5.91 Å². The van der Waals surface area contributed by atoms with Crippen LogP contribution in [-0.4, -0.2) is 12.5 Å². The predicted molar refractivity (Wildman–Crippen MR) is 64.6 cm³/mol. The maximum Gasteiger partial charge on any atom is 0.217 e. The Hall–Kier alpha value is -1.79. The van der Waals surface area contributed by atoms with Crippen molar-refractivity contribution in [2.45, 2.75) is 19.9 Å². The molecule has 1 atom stereocenters. The van der Waals surface area contributed by atoms with Gasteiger partial charge in [-0.3, -0.25) is 4.79 Å². The molecular formula is C13H16N2O. The fraction of sp³-hybridized carbons (Fsp3) is 0.308. The molecule has 1 amide bonds. The summed E-state index contributed by atoms with van der Waals surface area (Å²) in [6.45, 7) is 3.82. The van der Waals surface area contributed by atoms with Crippen molar-refractivity contribution in [3.05, 3.63) is 35.4 Å². The van der Waals surface area contributed by atoms with E-state index in [1.165, 1.54) is 6.92 Å². The molecule has 0 fully saturated rings. The number of nitrogens with one attached hydrogen (secondary N) is 1. The van der Waals surface area contributed by atoms with Crippen LogP contribution in [0.4, 0.5) is 0 Å². The van der Waals surface area contributed by atoms with E-state index >= 15 is 0 Å². The number of rotatable bonds is 2. The minimum atomic E-state index is -0.0282. The van der Waals surface area contributed by atoms with Crippen LogP contribution in [-0.2, 0) is 4.79 Å². The van der Waals surface area contributed by atoms with E-state index in [1.807, 2.05) is 31.2 Å². The van der Waals surface area contributed by atoms with Crippen LogP contribution < -0.4 is 11.1 Å². The lowest BCUT2D eigenvalue weighted by atomic mass is 10.1. The van der Waals surface area contributed by atoms with E-state index in [0.717, 1.165) is 11.1 Å². The fourth-order valence-corrected chi connectivity index (χ4v) is 1.40. The van der Waals surface area contributed by atoms with Crippen LogP contribution in [0, 0.1) is 11.8 Å². The molecule has 0 aliphatic heterocycles. The maximum atomic E-state index is 10.9. The lowest BCUT2D eigenvalue weighted by Gasteiger charge is -2.12. The van der Waals surface area contributed by atoms with E-state index in [4.69, 9.17) is 5.73 Å². The SMILES string of the molecule is CC(=O)NC(C)c1ccc(C#CCN)cc1. The minimum Gasteiger partial charge on any atom is -0.350 e. The summed E-state index contributed by atoms with van der Waals surface area (Å²) in [4.78, 5) is 10.9. The van der Waals surface area contributed by atoms with Crippen molar-refractivity contribution in [1.29, 1.82) is 0 Å². The van der Waals surface area contributed by atoms with Crippen molar-refractivity contribution >= 4 is 5.91 Å². The average Bonchev–Trinajstić information content (AvgIpc) is 2.26. The van der Waals surface area contributed by atoms with E-state index < -0.39 is 0 Å². The lowest BCUT2D eigenvalue weighted by Crippen LogP contribution is -2.23. The smallest absolute Gasteiger partial charge is 0.217 e. The molecule has 0 aliphatic carbocycles. The van der Waals surface area contributed by atoms with Crippen LogP contribution in [0.3, 0.4) is 0 Å². The largest absolute Gasteiger partial charge is 0.350 e. The first kappa shape index (κ1) is 12.3. The standard InChI is InChI=1S/C13H16N2O/c1-10(15-11(2)16)13-7-5-12(6-8-13)4-3-9-14/h5-8,10H,9,14H2,1-2H3,(H,15,16). The number of hydrogen-bond donors (Lipinski definition) is 2. The molecule has 1 rings (SSSR count). The van der Waals surface area contributed by atoms with Gasteiger partial charge in [-0.2, -0.15) is 0 Å². The molecule has 0 heterocycles. The molecule has 0 aliphatic rings. The fourth-order valence-electron chi connectivity index (χ4n) is 1.40. The second kappa shape index (κ2) is 5.94. The first-order valence-corrected chi connectivity index (χ1v) is 5.19. The Morgan fingerprint density at radius 2 is 2.06 bits per heavy atom. The highest BCUT2D eigenvalue weighted by Gasteiger charge is 2.05. The summed E-state index contributed by atoms with van der Waals surface area (Å²) in [5.41, 5.74) is 7.29. The first-order valence-electron chi connectivity index (χ1n) is 5.19. The van der Waals surface area contributed by atoms with Gasteiger partial charge in [0.15, 0.2) is 0 Å². The normalized spacial score (nSPS) is 11.2. The summed E-state index contributed by atoms with van der Waals surface area (Å²) in [5, 5.41) is 2.83. The highest BCUT2D eigenvalue weighted by atomic mass is 16.1. The van der Waals surface area contributed by atoms with Crippen molar-refractivity contribution in [3.8, 4) is 11.8 Å². The Morgan fingerprint density at radius 1 is 1.44 bits per heavy atom. The van der Waals surface area contributed by atoms with Gasteiger partial charge in [-0.15, -0.1) is 0 Å². The van der Waals surface area contributed by atoms with E-state index in [2.05, 4.69) is 17.2 Å². The number of amides is 1. The number of benzene rings is 1. The number of carbonyl (C=O) groups excluding carboxylic acids is 1. The van der Waals surface area contributed by atoms with Crippen LogP contribution in [0.25, 0.3) is 0 Å². The minimum absolute atomic E-state index is 0.0222. The van der Waals surface area contributed by atoms with Gasteiger partial charge in [-0.1, -0.05) is 24.0 Å². The summed E-state index contributed by atoms with van der Waals surface area (Å²) in [6, 6.07) is 7.79. The summed E-state index contributed by atoms with van der Waals surface area (Å²) < 4.78 is 0. The van der Waals surface area contributed by atoms with E-state index in [0.29, 0.717) is 6.54 Å². The Bertz CT molecular complexity index is 412. The van der Waals surface area contributed by atoms with Crippen LogP contribution in [0.1, 0.15) is 31.0 Å². The first-order chi connectivity index (χ1) is 7.63. The molecule has 0 spiro atoms. The van der Waals surface area contributed by atoms with E-state index in [1.54, 1.807) is 0 Å². The van der Waals surface area contributed by atoms with E-state index in [-0.39, 0.29) is 11.9 Å². The Balaban J connectivity index is 2.74. The second-order valence-electron chi connectivity index (χ2n) is 3.55. The molecule has 1 aromatic rings. The highest BCUT2D eigenvalue weighted by molar-refractivity contribution is 5.73. The molecule has 0 saturated carbocycles.